The summed E-state index contributed by atoms with van der Waals surface area (Å²) >= 11 is 0. The number of rotatable bonds is 2. The van der Waals surface area contributed by atoms with Crippen LogP contribution in [0.15, 0.2) is 10.7 Å². The van der Waals surface area contributed by atoms with E-state index in [0.29, 0.717) is 30.5 Å². The third kappa shape index (κ3) is 1.97. The van der Waals surface area contributed by atoms with Gasteiger partial charge in [-0.3, -0.25) is 4.79 Å². The predicted octanol–water partition coefficient (Wildman–Crippen LogP) is 1.78. The minimum atomic E-state index is -1.01. The lowest BCUT2D eigenvalue weighted by Crippen LogP contribution is -2.40. The van der Waals surface area contributed by atoms with Crippen LogP contribution in [0.5, 0.6) is 0 Å². The first-order valence-electron chi connectivity index (χ1n) is 7.40. The molecule has 0 aliphatic carbocycles. The second-order valence-corrected chi connectivity index (χ2v) is 6.11. The molecule has 6 heteroatoms. The number of hydrogen-bond donors (Lipinski definition) is 1. The maximum absolute atomic E-state index is 12.7. The maximum atomic E-state index is 12.7. The lowest BCUT2D eigenvalue weighted by molar-refractivity contribution is -0.145. The SMILES string of the molecule is O=C(O)c1coc2c1CN(C(=O)[C@@H]1CC[C@H]3CC[C@H]1O3)C2. The standard InChI is InChI=1S/C15H17NO5/c17-14(9-3-1-8-2-4-12(9)21-8)16-5-10-11(15(18)19)7-20-13(10)6-16/h7-9,12H,1-6H2,(H,18,19)/t8-,9+,12+/m0/s1. The summed E-state index contributed by atoms with van der Waals surface area (Å²) in [6.45, 7) is 0.701. The summed E-state index contributed by atoms with van der Waals surface area (Å²) in [5.74, 6) is -0.417. The summed E-state index contributed by atoms with van der Waals surface area (Å²) in [4.78, 5) is 25.5. The normalized spacial score (nSPS) is 30.5. The molecule has 0 radical (unpaired) electrons. The van der Waals surface area contributed by atoms with E-state index >= 15 is 0 Å². The van der Waals surface area contributed by atoms with Crippen molar-refractivity contribution in [1.29, 1.82) is 0 Å². The first-order valence-corrected chi connectivity index (χ1v) is 7.40. The molecule has 0 unspecified atom stereocenters. The molecule has 1 amide bonds. The monoisotopic (exact) mass is 291 g/mol. The van der Waals surface area contributed by atoms with E-state index in [-0.39, 0.29) is 23.5 Å². The summed E-state index contributed by atoms with van der Waals surface area (Å²) in [5.41, 5.74) is 0.804. The molecule has 6 nitrogen and oxygen atoms in total. The number of carbonyl (C=O) groups is 2. The molecule has 0 spiro atoms. The number of fused-ring (bicyclic) bond motifs is 3. The van der Waals surface area contributed by atoms with Gasteiger partial charge in [0, 0.05) is 5.56 Å². The molecule has 112 valence electrons. The lowest BCUT2D eigenvalue weighted by Gasteiger charge is -2.31. The average molecular weight is 291 g/mol. The Kier molecular flexibility index (Phi) is 2.82. The van der Waals surface area contributed by atoms with Crippen molar-refractivity contribution in [3.05, 3.63) is 23.2 Å². The van der Waals surface area contributed by atoms with Gasteiger partial charge in [-0.05, 0) is 25.7 Å². The van der Waals surface area contributed by atoms with Crippen LogP contribution in [0, 0.1) is 5.92 Å². The minimum absolute atomic E-state index is 0.0436. The van der Waals surface area contributed by atoms with Crippen LogP contribution in [-0.2, 0) is 22.6 Å². The molecule has 21 heavy (non-hydrogen) atoms. The Hall–Kier alpha value is -1.82. The molecule has 3 aliphatic rings. The molecule has 2 fully saturated rings. The Morgan fingerprint density at radius 1 is 1.19 bits per heavy atom. The van der Waals surface area contributed by atoms with Crippen molar-refractivity contribution in [3.8, 4) is 0 Å². The van der Waals surface area contributed by atoms with Gasteiger partial charge >= 0.3 is 5.97 Å². The largest absolute Gasteiger partial charge is 0.478 e. The summed E-state index contributed by atoms with van der Waals surface area (Å²) in [7, 11) is 0. The summed E-state index contributed by atoms with van der Waals surface area (Å²) in [6.07, 6.45) is 5.48. The van der Waals surface area contributed by atoms with Crippen LogP contribution in [0.2, 0.25) is 0 Å². The van der Waals surface area contributed by atoms with Gasteiger partial charge in [0.1, 0.15) is 17.6 Å². The van der Waals surface area contributed by atoms with E-state index in [1.54, 1.807) is 4.90 Å². The van der Waals surface area contributed by atoms with Crippen molar-refractivity contribution in [2.24, 2.45) is 5.92 Å². The van der Waals surface area contributed by atoms with Crippen LogP contribution in [-0.4, -0.2) is 34.1 Å². The topological polar surface area (TPSA) is 80.0 Å². The number of carboxylic acid groups (broad SMARTS) is 1. The van der Waals surface area contributed by atoms with Crippen LogP contribution in [0.3, 0.4) is 0 Å². The molecule has 2 bridgehead atoms. The van der Waals surface area contributed by atoms with E-state index in [4.69, 9.17) is 14.3 Å². The van der Waals surface area contributed by atoms with Crippen LogP contribution < -0.4 is 0 Å². The number of carboxylic acids is 1. The molecule has 4 heterocycles. The van der Waals surface area contributed by atoms with Gasteiger partial charge in [0.05, 0.1) is 31.2 Å². The van der Waals surface area contributed by atoms with Crippen LogP contribution in [0.25, 0.3) is 0 Å². The van der Waals surface area contributed by atoms with E-state index in [0.717, 1.165) is 25.7 Å². The number of ether oxygens (including phenoxy) is 1. The van der Waals surface area contributed by atoms with Gasteiger partial charge in [-0.25, -0.2) is 4.79 Å². The fourth-order valence-electron chi connectivity index (χ4n) is 3.79. The Morgan fingerprint density at radius 2 is 2.00 bits per heavy atom. The van der Waals surface area contributed by atoms with Crippen molar-refractivity contribution in [3.63, 3.8) is 0 Å². The molecule has 4 rings (SSSR count). The number of aromatic carboxylic acids is 1. The molecule has 3 atom stereocenters. The van der Waals surface area contributed by atoms with Crippen molar-refractivity contribution >= 4 is 11.9 Å². The van der Waals surface area contributed by atoms with Gasteiger partial charge in [-0.15, -0.1) is 0 Å². The highest BCUT2D eigenvalue weighted by molar-refractivity contribution is 5.90. The Morgan fingerprint density at radius 3 is 2.81 bits per heavy atom. The molecule has 0 saturated carbocycles. The van der Waals surface area contributed by atoms with Crippen molar-refractivity contribution in [2.75, 3.05) is 0 Å². The van der Waals surface area contributed by atoms with Gasteiger partial charge < -0.3 is 19.2 Å². The fourth-order valence-corrected chi connectivity index (χ4v) is 3.79. The molecule has 1 aromatic heterocycles. The summed E-state index contributed by atoms with van der Waals surface area (Å²) < 4.78 is 11.1. The van der Waals surface area contributed by atoms with Crippen molar-refractivity contribution < 1.29 is 23.8 Å². The molecule has 2 saturated heterocycles. The quantitative estimate of drug-likeness (QED) is 0.898. The molecule has 3 aliphatic heterocycles. The minimum Gasteiger partial charge on any atom is -0.478 e. The fraction of sp³-hybridized carbons (Fsp3) is 0.600. The first kappa shape index (κ1) is 12.9. The van der Waals surface area contributed by atoms with E-state index in [1.807, 2.05) is 0 Å². The smallest absolute Gasteiger partial charge is 0.339 e. The second-order valence-electron chi connectivity index (χ2n) is 6.11. The average Bonchev–Trinajstić information content (AvgIpc) is 3.12. The Balaban J connectivity index is 1.51. The van der Waals surface area contributed by atoms with E-state index in [2.05, 4.69) is 0 Å². The van der Waals surface area contributed by atoms with Gasteiger partial charge in [0.25, 0.3) is 0 Å². The third-order valence-corrected chi connectivity index (χ3v) is 4.91. The van der Waals surface area contributed by atoms with Crippen molar-refractivity contribution in [2.45, 2.75) is 51.0 Å². The highest BCUT2D eigenvalue weighted by Gasteiger charge is 2.43. The zero-order chi connectivity index (χ0) is 14.6. The lowest BCUT2D eigenvalue weighted by atomic mass is 9.94. The summed E-state index contributed by atoms with van der Waals surface area (Å²) in [5, 5.41) is 9.11. The number of carbonyl (C=O) groups excluding carboxylic acids is 1. The Bertz CT molecular complexity index is 607. The van der Waals surface area contributed by atoms with Gasteiger partial charge in [-0.2, -0.15) is 0 Å². The van der Waals surface area contributed by atoms with E-state index in [1.165, 1.54) is 6.26 Å². The Labute approximate surface area is 121 Å². The summed E-state index contributed by atoms with van der Waals surface area (Å²) in [6, 6.07) is 0. The highest BCUT2D eigenvalue weighted by Crippen LogP contribution is 2.38. The number of nitrogens with zero attached hydrogens (tertiary/aromatic N) is 1. The van der Waals surface area contributed by atoms with Crippen LogP contribution in [0.1, 0.15) is 47.4 Å². The zero-order valence-electron chi connectivity index (χ0n) is 11.6. The predicted molar refractivity (Wildman–Crippen MR) is 70.5 cm³/mol. The molecule has 1 N–H and O–H groups in total. The molecular formula is C15H17NO5. The molecular weight excluding hydrogens is 274 g/mol. The van der Waals surface area contributed by atoms with Gasteiger partial charge in [-0.1, -0.05) is 0 Å². The van der Waals surface area contributed by atoms with E-state index < -0.39 is 5.97 Å². The second kappa shape index (κ2) is 4.59. The number of hydrogen-bond acceptors (Lipinski definition) is 4. The highest BCUT2D eigenvalue weighted by atomic mass is 16.5. The van der Waals surface area contributed by atoms with Gasteiger partial charge in [0.2, 0.25) is 5.91 Å². The third-order valence-electron chi connectivity index (χ3n) is 4.91. The van der Waals surface area contributed by atoms with Gasteiger partial charge in [0.15, 0.2) is 0 Å². The number of amides is 1. The zero-order valence-corrected chi connectivity index (χ0v) is 11.6. The number of furan rings is 1. The van der Waals surface area contributed by atoms with E-state index in [9.17, 15) is 9.59 Å². The maximum Gasteiger partial charge on any atom is 0.339 e. The molecule has 0 aromatic carbocycles. The van der Waals surface area contributed by atoms with Crippen LogP contribution in [0.4, 0.5) is 0 Å². The first-order chi connectivity index (χ1) is 10.1. The van der Waals surface area contributed by atoms with Crippen LogP contribution >= 0.6 is 0 Å². The molecule has 1 aromatic rings. The van der Waals surface area contributed by atoms with Crippen molar-refractivity contribution in [1.82, 2.24) is 4.90 Å².